The summed E-state index contributed by atoms with van der Waals surface area (Å²) in [6, 6.07) is 7.15. The van der Waals surface area contributed by atoms with Crippen molar-refractivity contribution >= 4 is 5.91 Å². The lowest BCUT2D eigenvalue weighted by Gasteiger charge is -2.13. The highest BCUT2D eigenvalue weighted by Crippen LogP contribution is 2.24. The maximum atomic E-state index is 11.6. The van der Waals surface area contributed by atoms with E-state index < -0.39 is 0 Å². The number of benzene rings is 1. The van der Waals surface area contributed by atoms with Crippen molar-refractivity contribution in [3.63, 3.8) is 0 Å². The summed E-state index contributed by atoms with van der Waals surface area (Å²) in [5.74, 6) is 0.650. The van der Waals surface area contributed by atoms with Crippen molar-refractivity contribution in [3.05, 3.63) is 29.8 Å². The fourth-order valence-electron chi connectivity index (χ4n) is 2.16. The zero-order valence-electron chi connectivity index (χ0n) is 10.4. The summed E-state index contributed by atoms with van der Waals surface area (Å²) in [7, 11) is 0. The SMILES string of the molecule is O=C(NCCO)c1ccc(OC2CCCC2)cc1. The number of rotatable bonds is 5. The molecule has 1 amide bonds. The second kappa shape index (κ2) is 6.40. The van der Waals surface area contributed by atoms with Gasteiger partial charge in [0.05, 0.1) is 12.7 Å². The lowest BCUT2D eigenvalue weighted by atomic mass is 10.2. The number of nitrogens with one attached hydrogen (secondary N) is 1. The molecule has 98 valence electrons. The van der Waals surface area contributed by atoms with Crippen LogP contribution in [0.3, 0.4) is 0 Å². The molecule has 1 fully saturated rings. The standard InChI is InChI=1S/C14H19NO3/c16-10-9-15-14(17)11-5-7-13(8-6-11)18-12-3-1-2-4-12/h5-8,12,16H,1-4,9-10H2,(H,15,17). The molecule has 4 heteroatoms. The highest BCUT2D eigenvalue weighted by atomic mass is 16.5. The molecule has 0 heterocycles. The zero-order valence-corrected chi connectivity index (χ0v) is 10.4. The minimum Gasteiger partial charge on any atom is -0.490 e. The molecule has 4 nitrogen and oxygen atoms in total. The van der Waals surface area contributed by atoms with E-state index in [0.29, 0.717) is 11.7 Å². The Labute approximate surface area is 107 Å². The van der Waals surface area contributed by atoms with E-state index in [4.69, 9.17) is 9.84 Å². The van der Waals surface area contributed by atoms with Crippen LogP contribution in [0, 0.1) is 0 Å². The molecule has 1 aliphatic carbocycles. The number of carbonyl (C=O) groups excluding carboxylic acids is 1. The van der Waals surface area contributed by atoms with E-state index in [2.05, 4.69) is 5.32 Å². The van der Waals surface area contributed by atoms with Gasteiger partial charge in [-0.05, 0) is 49.9 Å². The van der Waals surface area contributed by atoms with Crippen molar-refractivity contribution in [1.82, 2.24) is 5.32 Å². The number of carbonyl (C=O) groups is 1. The van der Waals surface area contributed by atoms with Gasteiger partial charge < -0.3 is 15.2 Å². The summed E-state index contributed by atoms with van der Waals surface area (Å²) in [6.45, 7) is 0.230. The summed E-state index contributed by atoms with van der Waals surface area (Å²) in [6.07, 6.45) is 5.06. The van der Waals surface area contributed by atoms with E-state index in [0.717, 1.165) is 18.6 Å². The number of aliphatic hydroxyl groups excluding tert-OH is 1. The molecule has 1 aromatic carbocycles. The smallest absolute Gasteiger partial charge is 0.251 e. The lowest BCUT2D eigenvalue weighted by molar-refractivity contribution is 0.0944. The number of aliphatic hydroxyl groups is 1. The van der Waals surface area contributed by atoms with Gasteiger partial charge in [0.2, 0.25) is 0 Å². The minimum atomic E-state index is -0.170. The molecule has 1 aromatic rings. The van der Waals surface area contributed by atoms with Gasteiger partial charge in [0, 0.05) is 12.1 Å². The van der Waals surface area contributed by atoms with Crippen LogP contribution in [0.2, 0.25) is 0 Å². The topological polar surface area (TPSA) is 58.6 Å². The Kier molecular flexibility index (Phi) is 4.59. The highest BCUT2D eigenvalue weighted by Gasteiger charge is 2.16. The van der Waals surface area contributed by atoms with Crippen molar-refractivity contribution in [2.24, 2.45) is 0 Å². The molecule has 0 aromatic heterocycles. The van der Waals surface area contributed by atoms with E-state index in [-0.39, 0.29) is 19.1 Å². The summed E-state index contributed by atoms with van der Waals surface area (Å²) in [5, 5.41) is 11.2. The molecule has 1 aliphatic rings. The number of amides is 1. The van der Waals surface area contributed by atoms with Crippen LogP contribution >= 0.6 is 0 Å². The van der Waals surface area contributed by atoms with Gasteiger partial charge in [-0.25, -0.2) is 0 Å². The Hall–Kier alpha value is -1.55. The van der Waals surface area contributed by atoms with Crippen LogP contribution < -0.4 is 10.1 Å². The highest BCUT2D eigenvalue weighted by molar-refractivity contribution is 5.94. The van der Waals surface area contributed by atoms with Crippen LogP contribution in [0.1, 0.15) is 36.0 Å². The summed E-state index contributed by atoms with van der Waals surface area (Å²) in [4.78, 5) is 11.6. The first kappa shape index (κ1) is 12.9. The maximum absolute atomic E-state index is 11.6. The van der Waals surface area contributed by atoms with Crippen LogP contribution in [0.15, 0.2) is 24.3 Å². The predicted octanol–water partition coefficient (Wildman–Crippen LogP) is 1.73. The number of ether oxygens (including phenoxy) is 1. The first-order chi connectivity index (χ1) is 8.79. The van der Waals surface area contributed by atoms with Gasteiger partial charge in [-0.3, -0.25) is 4.79 Å². The molecule has 0 spiro atoms. The quantitative estimate of drug-likeness (QED) is 0.835. The fourth-order valence-corrected chi connectivity index (χ4v) is 2.16. The molecule has 0 unspecified atom stereocenters. The van der Waals surface area contributed by atoms with Gasteiger partial charge in [0.1, 0.15) is 5.75 Å². The summed E-state index contributed by atoms with van der Waals surface area (Å²) >= 11 is 0. The Morgan fingerprint density at radius 1 is 1.28 bits per heavy atom. The average Bonchev–Trinajstić information content (AvgIpc) is 2.89. The lowest BCUT2D eigenvalue weighted by Crippen LogP contribution is -2.26. The third-order valence-corrected chi connectivity index (χ3v) is 3.12. The monoisotopic (exact) mass is 249 g/mol. The molecule has 2 N–H and O–H groups in total. The maximum Gasteiger partial charge on any atom is 0.251 e. The largest absolute Gasteiger partial charge is 0.490 e. The molecule has 0 saturated heterocycles. The van der Waals surface area contributed by atoms with E-state index >= 15 is 0 Å². The van der Waals surface area contributed by atoms with Gasteiger partial charge in [0.15, 0.2) is 0 Å². The Morgan fingerprint density at radius 2 is 1.94 bits per heavy atom. The first-order valence-electron chi connectivity index (χ1n) is 6.45. The Morgan fingerprint density at radius 3 is 2.56 bits per heavy atom. The predicted molar refractivity (Wildman–Crippen MR) is 68.7 cm³/mol. The van der Waals surface area contributed by atoms with Crippen molar-refractivity contribution in [3.8, 4) is 5.75 Å². The number of hydrogen-bond acceptors (Lipinski definition) is 3. The van der Waals surface area contributed by atoms with Crippen molar-refractivity contribution in [2.45, 2.75) is 31.8 Å². The molecule has 0 atom stereocenters. The van der Waals surface area contributed by atoms with E-state index in [9.17, 15) is 4.79 Å². The summed E-state index contributed by atoms with van der Waals surface area (Å²) in [5.41, 5.74) is 0.585. The minimum absolute atomic E-state index is 0.0470. The average molecular weight is 249 g/mol. The molecule has 0 aliphatic heterocycles. The molecule has 1 saturated carbocycles. The number of hydrogen-bond donors (Lipinski definition) is 2. The first-order valence-corrected chi connectivity index (χ1v) is 6.45. The molecular formula is C14H19NO3. The van der Waals surface area contributed by atoms with Gasteiger partial charge in [0.25, 0.3) is 5.91 Å². The molecule has 2 rings (SSSR count). The molecular weight excluding hydrogens is 230 g/mol. The van der Waals surface area contributed by atoms with Crippen LogP contribution in [0.5, 0.6) is 5.75 Å². The molecule has 0 bridgehead atoms. The second-order valence-corrected chi connectivity index (χ2v) is 4.53. The molecule has 0 radical (unpaired) electrons. The van der Waals surface area contributed by atoms with Crippen molar-refractivity contribution < 1.29 is 14.6 Å². The van der Waals surface area contributed by atoms with Crippen LogP contribution in [-0.4, -0.2) is 30.3 Å². The Bertz CT molecular complexity index is 383. The van der Waals surface area contributed by atoms with Gasteiger partial charge in [-0.1, -0.05) is 0 Å². The van der Waals surface area contributed by atoms with Crippen LogP contribution in [0.4, 0.5) is 0 Å². The normalized spacial score (nSPS) is 15.6. The zero-order chi connectivity index (χ0) is 12.8. The van der Waals surface area contributed by atoms with Crippen LogP contribution in [0.25, 0.3) is 0 Å². The summed E-state index contributed by atoms with van der Waals surface area (Å²) < 4.78 is 5.82. The van der Waals surface area contributed by atoms with Crippen LogP contribution in [-0.2, 0) is 0 Å². The van der Waals surface area contributed by atoms with Gasteiger partial charge in [-0.15, -0.1) is 0 Å². The van der Waals surface area contributed by atoms with Crippen molar-refractivity contribution in [1.29, 1.82) is 0 Å². The second-order valence-electron chi connectivity index (χ2n) is 4.53. The third kappa shape index (κ3) is 3.47. The fraction of sp³-hybridized carbons (Fsp3) is 0.500. The third-order valence-electron chi connectivity index (χ3n) is 3.12. The van der Waals surface area contributed by atoms with Gasteiger partial charge >= 0.3 is 0 Å². The molecule has 18 heavy (non-hydrogen) atoms. The van der Waals surface area contributed by atoms with E-state index in [1.807, 2.05) is 12.1 Å². The van der Waals surface area contributed by atoms with E-state index in [1.54, 1.807) is 12.1 Å². The Balaban J connectivity index is 1.90. The van der Waals surface area contributed by atoms with Gasteiger partial charge in [-0.2, -0.15) is 0 Å². The van der Waals surface area contributed by atoms with Crippen molar-refractivity contribution in [2.75, 3.05) is 13.2 Å². The van der Waals surface area contributed by atoms with E-state index in [1.165, 1.54) is 12.8 Å².